The third kappa shape index (κ3) is 4.48. The number of benzene rings is 1. The van der Waals surface area contributed by atoms with Crippen LogP contribution in [0.3, 0.4) is 0 Å². The molecule has 0 amide bonds. The van der Waals surface area contributed by atoms with Gasteiger partial charge in [0.2, 0.25) is 0 Å². The second kappa shape index (κ2) is 5.45. The zero-order valence-corrected chi connectivity index (χ0v) is 9.29. The van der Waals surface area contributed by atoms with Crippen molar-refractivity contribution in [1.82, 2.24) is 0 Å². The van der Waals surface area contributed by atoms with E-state index in [1.54, 1.807) is 0 Å². The first-order valence-corrected chi connectivity index (χ1v) is 5.64. The summed E-state index contributed by atoms with van der Waals surface area (Å²) in [7, 11) is -2.46. The Kier molecular flexibility index (Phi) is 4.53. The van der Waals surface area contributed by atoms with Crippen molar-refractivity contribution in [2.45, 2.75) is 6.42 Å². The molecular formula is C8H9BrO3P+. The van der Waals surface area contributed by atoms with Crippen molar-refractivity contribution in [1.29, 1.82) is 0 Å². The van der Waals surface area contributed by atoms with Gasteiger partial charge in [0.05, 0.1) is 0 Å². The van der Waals surface area contributed by atoms with E-state index in [9.17, 15) is 4.57 Å². The molecule has 0 aromatic heterocycles. The average Bonchev–Trinajstić information content (AvgIpc) is 2.08. The lowest BCUT2D eigenvalue weighted by atomic mass is 10.2. The molecule has 0 fully saturated rings. The highest BCUT2D eigenvalue weighted by molar-refractivity contribution is 9.10. The maximum absolute atomic E-state index is 10.2. The summed E-state index contributed by atoms with van der Waals surface area (Å²) < 4.78 is 15.7. The Bertz CT molecular complexity index is 286. The Labute approximate surface area is 85.8 Å². The van der Waals surface area contributed by atoms with Gasteiger partial charge >= 0.3 is 8.25 Å². The molecule has 1 N–H and O–H groups in total. The van der Waals surface area contributed by atoms with Crippen LogP contribution in [0.1, 0.15) is 5.56 Å². The van der Waals surface area contributed by atoms with Gasteiger partial charge in [-0.3, -0.25) is 0 Å². The Balaban J connectivity index is 2.37. The average molecular weight is 264 g/mol. The monoisotopic (exact) mass is 263 g/mol. The van der Waals surface area contributed by atoms with Gasteiger partial charge < -0.3 is 0 Å². The standard InChI is InChI=1S/C8H8BrO3P/c9-8-3-1-7(2-4-8)5-6-12-13(10)11/h1-4H,5-6H2/p+1. The zero-order chi connectivity index (χ0) is 9.68. The summed E-state index contributed by atoms with van der Waals surface area (Å²) in [6, 6.07) is 7.73. The third-order valence-corrected chi connectivity index (χ3v) is 2.44. The molecule has 0 bridgehead atoms. The first-order chi connectivity index (χ1) is 6.18. The van der Waals surface area contributed by atoms with E-state index >= 15 is 0 Å². The Morgan fingerprint density at radius 1 is 1.38 bits per heavy atom. The molecule has 0 aliphatic heterocycles. The van der Waals surface area contributed by atoms with Gasteiger partial charge in [-0.25, -0.2) is 0 Å². The molecule has 1 aromatic rings. The molecule has 0 aliphatic carbocycles. The number of hydrogen-bond donors (Lipinski definition) is 1. The molecule has 70 valence electrons. The van der Waals surface area contributed by atoms with Gasteiger partial charge in [-0.2, -0.15) is 0 Å². The molecule has 0 saturated carbocycles. The maximum Gasteiger partial charge on any atom is 0.694 e. The molecule has 5 heteroatoms. The van der Waals surface area contributed by atoms with Crippen molar-refractivity contribution >= 4 is 24.2 Å². The van der Waals surface area contributed by atoms with Crippen LogP contribution in [-0.4, -0.2) is 11.5 Å². The molecule has 0 heterocycles. The second-order valence-corrected chi connectivity index (χ2v) is 4.10. The highest BCUT2D eigenvalue weighted by Crippen LogP contribution is 2.16. The largest absolute Gasteiger partial charge is 0.694 e. The zero-order valence-electron chi connectivity index (χ0n) is 6.81. The molecule has 1 rings (SSSR count). The minimum absolute atomic E-state index is 0.271. The Morgan fingerprint density at radius 3 is 2.54 bits per heavy atom. The summed E-state index contributed by atoms with van der Waals surface area (Å²) in [4.78, 5) is 8.35. The Morgan fingerprint density at radius 2 is 2.00 bits per heavy atom. The summed E-state index contributed by atoms with van der Waals surface area (Å²) in [5.74, 6) is 0. The quantitative estimate of drug-likeness (QED) is 0.850. The van der Waals surface area contributed by atoms with Crippen LogP contribution in [0.15, 0.2) is 28.7 Å². The van der Waals surface area contributed by atoms with Gasteiger partial charge in [0.15, 0.2) is 0 Å². The summed E-state index contributed by atoms with van der Waals surface area (Å²) in [5.41, 5.74) is 1.08. The van der Waals surface area contributed by atoms with Crippen LogP contribution in [0.2, 0.25) is 0 Å². The fraction of sp³-hybridized carbons (Fsp3) is 0.250. The molecule has 0 spiro atoms. The van der Waals surface area contributed by atoms with E-state index in [1.807, 2.05) is 24.3 Å². The van der Waals surface area contributed by atoms with Crippen molar-refractivity contribution in [3.8, 4) is 0 Å². The minimum Gasteiger partial charge on any atom is -0.133 e. The van der Waals surface area contributed by atoms with Gasteiger partial charge in [-0.1, -0.05) is 28.1 Å². The van der Waals surface area contributed by atoms with E-state index in [2.05, 4.69) is 20.5 Å². The first kappa shape index (κ1) is 10.8. The van der Waals surface area contributed by atoms with Crippen molar-refractivity contribution in [3.05, 3.63) is 34.3 Å². The van der Waals surface area contributed by atoms with E-state index in [-0.39, 0.29) is 6.61 Å². The first-order valence-electron chi connectivity index (χ1n) is 3.72. The van der Waals surface area contributed by atoms with Gasteiger partial charge in [0.25, 0.3) is 0 Å². The molecule has 0 radical (unpaired) electrons. The highest BCUT2D eigenvalue weighted by atomic mass is 79.9. The molecule has 1 aromatic carbocycles. The predicted octanol–water partition coefficient (Wildman–Crippen LogP) is 2.66. The predicted molar refractivity (Wildman–Crippen MR) is 53.6 cm³/mol. The molecule has 0 aliphatic rings. The lowest BCUT2D eigenvalue weighted by Gasteiger charge is -1.96. The molecule has 13 heavy (non-hydrogen) atoms. The van der Waals surface area contributed by atoms with Gasteiger partial charge in [0.1, 0.15) is 6.61 Å². The minimum atomic E-state index is -2.46. The van der Waals surface area contributed by atoms with E-state index in [4.69, 9.17) is 4.89 Å². The summed E-state index contributed by atoms with van der Waals surface area (Å²) in [6.07, 6.45) is 0.648. The Hall–Kier alpha value is -0.280. The number of halogens is 1. The van der Waals surface area contributed by atoms with Gasteiger partial charge in [-0.15, -0.1) is 9.42 Å². The fourth-order valence-electron chi connectivity index (χ4n) is 0.893. The van der Waals surface area contributed by atoms with Crippen molar-refractivity contribution in [2.75, 3.05) is 6.61 Å². The van der Waals surface area contributed by atoms with E-state index in [0.717, 1.165) is 10.0 Å². The molecular weight excluding hydrogens is 255 g/mol. The van der Waals surface area contributed by atoms with Gasteiger partial charge in [0, 0.05) is 15.5 Å². The normalized spacial score (nSPS) is 11.4. The maximum atomic E-state index is 10.2. The van der Waals surface area contributed by atoms with Crippen LogP contribution in [0, 0.1) is 0 Å². The van der Waals surface area contributed by atoms with Gasteiger partial charge in [-0.05, 0) is 17.7 Å². The van der Waals surface area contributed by atoms with Crippen molar-refractivity contribution in [2.24, 2.45) is 0 Å². The SMILES string of the molecule is O=[P+](O)OCCc1ccc(Br)cc1. The summed E-state index contributed by atoms with van der Waals surface area (Å²) >= 11 is 3.32. The molecule has 1 unspecified atom stereocenters. The van der Waals surface area contributed by atoms with E-state index in [0.29, 0.717) is 6.42 Å². The fourth-order valence-corrected chi connectivity index (χ4v) is 1.40. The number of rotatable bonds is 4. The van der Waals surface area contributed by atoms with Crippen molar-refractivity contribution in [3.63, 3.8) is 0 Å². The second-order valence-electron chi connectivity index (χ2n) is 2.45. The molecule has 0 saturated heterocycles. The topological polar surface area (TPSA) is 46.5 Å². The lowest BCUT2D eigenvalue weighted by molar-refractivity contribution is 0.285. The van der Waals surface area contributed by atoms with Crippen molar-refractivity contribution < 1.29 is 14.0 Å². The van der Waals surface area contributed by atoms with E-state index in [1.165, 1.54) is 0 Å². The number of hydrogen-bond acceptors (Lipinski definition) is 2. The molecule has 3 nitrogen and oxygen atoms in total. The smallest absolute Gasteiger partial charge is 0.133 e. The summed E-state index contributed by atoms with van der Waals surface area (Å²) in [5, 5.41) is 0. The van der Waals surface area contributed by atoms with Crippen LogP contribution in [-0.2, 0) is 15.5 Å². The lowest BCUT2D eigenvalue weighted by Crippen LogP contribution is -1.92. The molecule has 1 atom stereocenters. The third-order valence-electron chi connectivity index (χ3n) is 1.51. The van der Waals surface area contributed by atoms with Crippen LogP contribution < -0.4 is 0 Å². The van der Waals surface area contributed by atoms with Crippen LogP contribution in [0.4, 0.5) is 0 Å². The van der Waals surface area contributed by atoms with Crippen LogP contribution in [0.5, 0.6) is 0 Å². The highest BCUT2D eigenvalue weighted by Gasteiger charge is 2.10. The van der Waals surface area contributed by atoms with Crippen LogP contribution in [0.25, 0.3) is 0 Å². The van der Waals surface area contributed by atoms with E-state index < -0.39 is 8.25 Å². The summed E-state index contributed by atoms with van der Waals surface area (Å²) in [6.45, 7) is 0.271. The van der Waals surface area contributed by atoms with Crippen LogP contribution >= 0.6 is 24.2 Å².